The van der Waals surface area contributed by atoms with Gasteiger partial charge in [-0.15, -0.1) is 11.3 Å². The number of amides is 1. The number of benzene rings is 1. The molecule has 2 aromatic rings. The van der Waals surface area contributed by atoms with E-state index in [0.29, 0.717) is 5.92 Å². The Kier molecular flexibility index (Phi) is 5.69. The molecule has 0 saturated carbocycles. The van der Waals surface area contributed by atoms with E-state index in [9.17, 15) is 4.79 Å². The molecule has 0 unspecified atom stereocenters. The van der Waals surface area contributed by atoms with E-state index in [0.717, 1.165) is 55.0 Å². The molecule has 1 aromatic carbocycles. The number of hydrogen-bond donors (Lipinski definition) is 1. The molecule has 128 valence electrons. The largest absolute Gasteiger partial charge is 0.338 e. The number of thiophene rings is 1. The first-order valence-electron chi connectivity index (χ1n) is 8.83. The van der Waals surface area contributed by atoms with Gasteiger partial charge in [-0.25, -0.2) is 0 Å². The predicted octanol–water partition coefficient (Wildman–Crippen LogP) is 4.19. The fraction of sp³-hybridized carbons (Fsp3) is 0.450. The molecular formula is C20H26N2OS. The molecule has 3 rings (SSSR count). The lowest BCUT2D eigenvalue weighted by molar-refractivity contribution is 0.0696. The number of aryl methyl sites for hydroxylation is 1. The van der Waals surface area contributed by atoms with E-state index >= 15 is 0 Å². The molecule has 1 amide bonds. The number of carbonyl (C=O) groups excluding carboxylic acids is 1. The lowest BCUT2D eigenvalue weighted by Crippen LogP contribution is -2.40. The highest BCUT2D eigenvalue weighted by Crippen LogP contribution is 2.30. The van der Waals surface area contributed by atoms with Gasteiger partial charge in [-0.3, -0.25) is 4.79 Å². The Morgan fingerprint density at radius 1 is 1.21 bits per heavy atom. The van der Waals surface area contributed by atoms with Crippen LogP contribution in [0.15, 0.2) is 35.7 Å². The van der Waals surface area contributed by atoms with E-state index in [-0.39, 0.29) is 5.91 Å². The first-order valence-corrected chi connectivity index (χ1v) is 9.71. The Balaban J connectivity index is 1.69. The van der Waals surface area contributed by atoms with Crippen molar-refractivity contribution in [3.8, 4) is 11.1 Å². The van der Waals surface area contributed by atoms with Gasteiger partial charge in [0.05, 0.1) is 4.88 Å². The maximum Gasteiger partial charge on any atom is 0.264 e. The predicted molar refractivity (Wildman–Crippen MR) is 102 cm³/mol. The number of likely N-dealkylation sites (tertiary alicyclic amines) is 1. The summed E-state index contributed by atoms with van der Waals surface area (Å²) in [6.07, 6.45) is 2.20. The molecule has 2 heterocycles. The molecule has 1 N–H and O–H groups in total. The summed E-state index contributed by atoms with van der Waals surface area (Å²) in [6, 6.07) is 10.5. The summed E-state index contributed by atoms with van der Waals surface area (Å²) in [5.41, 5.74) is 3.44. The highest BCUT2D eigenvalue weighted by atomic mass is 32.1. The van der Waals surface area contributed by atoms with Gasteiger partial charge in [0.25, 0.3) is 5.91 Å². The van der Waals surface area contributed by atoms with Gasteiger partial charge < -0.3 is 10.2 Å². The minimum absolute atomic E-state index is 0.197. The third-order valence-electron chi connectivity index (χ3n) is 4.81. The summed E-state index contributed by atoms with van der Waals surface area (Å²) in [6.45, 7) is 8.07. The zero-order chi connectivity index (χ0) is 16.9. The van der Waals surface area contributed by atoms with Crippen LogP contribution in [0, 0.1) is 12.8 Å². The van der Waals surface area contributed by atoms with Gasteiger partial charge in [-0.05, 0) is 55.8 Å². The van der Waals surface area contributed by atoms with Crippen LogP contribution in [0.25, 0.3) is 11.1 Å². The second-order valence-electron chi connectivity index (χ2n) is 6.57. The molecule has 1 fully saturated rings. The van der Waals surface area contributed by atoms with Gasteiger partial charge in [-0.1, -0.05) is 36.8 Å². The van der Waals surface area contributed by atoms with Crippen LogP contribution in [-0.4, -0.2) is 37.0 Å². The van der Waals surface area contributed by atoms with Crippen LogP contribution in [0.1, 0.15) is 35.0 Å². The van der Waals surface area contributed by atoms with Crippen LogP contribution in [0.4, 0.5) is 0 Å². The highest BCUT2D eigenvalue weighted by molar-refractivity contribution is 7.12. The van der Waals surface area contributed by atoms with Gasteiger partial charge >= 0.3 is 0 Å². The van der Waals surface area contributed by atoms with E-state index in [1.54, 1.807) is 11.3 Å². The molecule has 0 bridgehead atoms. The normalized spacial score (nSPS) is 15.7. The van der Waals surface area contributed by atoms with Crippen molar-refractivity contribution in [1.29, 1.82) is 0 Å². The molecule has 1 saturated heterocycles. The lowest BCUT2D eigenvalue weighted by Gasteiger charge is -2.32. The first kappa shape index (κ1) is 17.2. The van der Waals surface area contributed by atoms with Crippen molar-refractivity contribution in [3.05, 3.63) is 46.2 Å². The summed E-state index contributed by atoms with van der Waals surface area (Å²) in [4.78, 5) is 15.9. The smallest absolute Gasteiger partial charge is 0.264 e. The van der Waals surface area contributed by atoms with E-state index < -0.39 is 0 Å². The minimum Gasteiger partial charge on any atom is -0.338 e. The zero-order valence-corrected chi connectivity index (χ0v) is 15.4. The average molecular weight is 343 g/mol. The van der Waals surface area contributed by atoms with Crippen molar-refractivity contribution in [2.24, 2.45) is 5.92 Å². The number of nitrogens with zero attached hydrogens (tertiary/aromatic N) is 1. The zero-order valence-electron chi connectivity index (χ0n) is 14.5. The molecule has 0 aliphatic carbocycles. The molecule has 4 heteroatoms. The van der Waals surface area contributed by atoms with Crippen LogP contribution in [-0.2, 0) is 0 Å². The fourth-order valence-corrected chi connectivity index (χ4v) is 4.15. The third-order valence-corrected chi connectivity index (χ3v) is 5.71. The quantitative estimate of drug-likeness (QED) is 0.884. The van der Waals surface area contributed by atoms with Gasteiger partial charge in [0.1, 0.15) is 0 Å². The van der Waals surface area contributed by atoms with E-state index in [2.05, 4.69) is 49.5 Å². The lowest BCUT2D eigenvalue weighted by atomic mass is 9.96. The third kappa shape index (κ3) is 3.87. The van der Waals surface area contributed by atoms with Crippen LogP contribution in [0.5, 0.6) is 0 Å². The Bertz CT molecular complexity index is 669. The van der Waals surface area contributed by atoms with Gasteiger partial charge in [0.15, 0.2) is 0 Å². The first-order chi connectivity index (χ1) is 11.7. The summed E-state index contributed by atoms with van der Waals surface area (Å²) in [5, 5.41) is 5.45. The van der Waals surface area contributed by atoms with Crippen LogP contribution >= 0.6 is 11.3 Å². The number of piperidine rings is 1. The number of carbonyl (C=O) groups is 1. The monoisotopic (exact) mass is 342 g/mol. The number of rotatable bonds is 5. The molecule has 0 radical (unpaired) electrons. The second kappa shape index (κ2) is 7.95. The Hall–Kier alpha value is -1.65. The molecule has 3 nitrogen and oxygen atoms in total. The van der Waals surface area contributed by atoms with Crippen molar-refractivity contribution in [3.63, 3.8) is 0 Å². The molecule has 24 heavy (non-hydrogen) atoms. The standard InChI is InChI=1S/C20H26N2OS/c1-3-21-14-16-8-11-22(12-9-16)20(23)19-18(10-13-24-19)17-6-4-15(2)5-7-17/h4-7,10,13,16,21H,3,8-9,11-12,14H2,1-2H3. The topological polar surface area (TPSA) is 32.3 Å². The molecule has 1 aliphatic heterocycles. The maximum atomic E-state index is 13.0. The summed E-state index contributed by atoms with van der Waals surface area (Å²) in [5.74, 6) is 0.899. The van der Waals surface area contributed by atoms with Crippen molar-refractivity contribution in [2.75, 3.05) is 26.2 Å². The molecule has 1 aliphatic rings. The van der Waals surface area contributed by atoms with Crippen molar-refractivity contribution < 1.29 is 4.79 Å². The second-order valence-corrected chi connectivity index (χ2v) is 7.49. The van der Waals surface area contributed by atoms with Crippen LogP contribution in [0.3, 0.4) is 0 Å². The maximum absolute atomic E-state index is 13.0. The van der Waals surface area contributed by atoms with Gasteiger partial charge in [0, 0.05) is 18.7 Å². The minimum atomic E-state index is 0.197. The molecule has 0 atom stereocenters. The SMILES string of the molecule is CCNCC1CCN(C(=O)c2sccc2-c2ccc(C)cc2)CC1. The summed E-state index contributed by atoms with van der Waals surface area (Å²) < 4.78 is 0. The molecule has 1 aromatic heterocycles. The summed E-state index contributed by atoms with van der Waals surface area (Å²) in [7, 11) is 0. The Labute approximate surface area is 148 Å². The van der Waals surface area contributed by atoms with Crippen LogP contribution < -0.4 is 5.32 Å². The number of nitrogens with one attached hydrogen (secondary N) is 1. The summed E-state index contributed by atoms with van der Waals surface area (Å²) >= 11 is 1.56. The van der Waals surface area contributed by atoms with E-state index in [1.165, 1.54) is 5.56 Å². The van der Waals surface area contributed by atoms with E-state index in [4.69, 9.17) is 0 Å². The van der Waals surface area contributed by atoms with Crippen molar-refractivity contribution in [1.82, 2.24) is 10.2 Å². The van der Waals surface area contributed by atoms with E-state index in [1.807, 2.05) is 10.3 Å². The van der Waals surface area contributed by atoms with Crippen molar-refractivity contribution in [2.45, 2.75) is 26.7 Å². The molecule has 0 spiro atoms. The highest BCUT2D eigenvalue weighted by Gasteiger charge is 2.25. The fourth-order valence-electron chi connectivity index (χ4n) is 3.27. The Morgan fingerprint density at radius 2 is 1.92 bits per heavy atom. The van der Waals surface area contributed by atoms with Gasteiger partial charge in [0.2, 0.25) is 0 Å². The number of hydrogen-bond acceptors (Lipinski definition) is 3. The average Bonchev–Trinajstić information content (AvgIpc) is 3.10. The van der Waals surface area contributed by atoms with Crippen molar-refractivity contribution >= 4 is 17.2 Å². The van der Waals surface area contributed by atoms with Gasteiger partial charge in [-0.2, -0.15) is 0 Å². The Morgan fingerprint density at radius 3 is 2.58 bits per heavy atom. The molecular weight excluding hydrogens is 316 g/mol. The van der Waals surface area contributed by atoms with Crippen LogP contribution in [0.2, 0.25) is 0 Å².